The van der Waals surface area contributed by atoms with E-state index in [1.54, 1.807) is 0 Å². The van der Waals surface area contributed by atoms with E-state index in [0.717, 1.165) is 13.1 Å². The number of likely N-dealkylation sites (N-methyl/N-ethyl adjacent to an activating group) is 1. The van der Waals surface area contributed by atoms with Crippen LogP contribution < -0.4 is 11.1 Å². The molecule has 0 atom stereocenters. The Kier molecular flexibility index (Phi) is 5.02. The van der Waals surface area contributed by atoms with Gasteiger partial charge in [0.05, 0.1) is 0 Å². The molecule has 0 bridgehead atoms. The molecule has 4 N–H and O–H groups in total. The minimum absolute atomic E-state index is 0.290. The van der Waals surface area contributed by atoms with Gasteiger partial charge in [0.1, 0.15) is 5.84 Å². The zero-order valence-electron chi connectivity index (χ0n) is 10.4. The normalized spacial score (nSPS) is 20.6. The lowest BCUT2D eigenvalue weighted by Crippen LogP contribution is -2.49. The van der Waals surface area contributed by atoms with E-state index in [1.807, 2.05) is 0 Å². The number of oxime groups is 1. The van der Waals surface area contributed by atoms with E-state index in [9.17, 15) is 0 Å². The Balaban J connectivity index is 2.29. The highest BCUT2D eigenvalue weighted by molar-refractivity contribution is 5.79. The van der Waals surface area contributed by atoms with E-state index in [-0.39, 0.29) is 5.84 Å². The lowest BCUT2D eigenvalue weighted by molar-refractivity contribution is 0.154. The molecule has 5 heteroatoms. The van der Waals surface area contributed by atoms with Crippen molar-refractivity contribution in [1.29, 1.82) is 0 Å². The standard InChI is InChI=1S/C11H24N4O/c1-15(2)11(6-3-4-7-11)9-13-8-5-10(12)14-16/h13,16H,3-9H2,1-2H3,(H2,12,14). The van der Waals surface area contributed by atoms with Crippen molar-refractivity contribution in [2.75, 3.05) is 27.2 Å². The van der Waals surface area contributed by atoms with Crippen LogP contribution in [0.4, 0.5) is 0 Å². The van der Waals surface area contributed by atoms with Crippen LogP contribution in [0.25, 0.3) is 0 Å². The number of nitrogens with zero attached hydrogens (tertiary/aromatic N) is 2. The van der Waals surface area contributed by atoms with E-state index in [1.165, 1.54) is 25.7 Å². The predicted octanol–water partition coefficient (Wildman–Crippen LogP) is 0.587. The molecule has 0 spiro atoms. The van der Waals surface area contributed by atoms with Crippen molar-refractivity contribution in [2.24, 2.45) is 10.9 Å². The Morgan fingerprint density at radius 2 is 2.06 bits per heavy atom. The molecule has 0 aromatic rings. The third kappa shape index (κ3) is 3.35. The van der Waals surface area contributed by atoms with Crippen molar-refractivity contribution >= 4 is 5.84 Å². The van der Waals surface area contributed by atoms with Gasteiger partial charge in [-0.3, -0.25) is 0 Å². The second kappa shape index (κ2) is 6.06. The number of amidine groups is 1. The zero-order valence-corrected chi connectivity index (χ0v) is 10.4. The Morgan fingerprint density at radius 3 is 2.56 bits per heavy atom. The summed E-state index contributed by atoms with van der Waals surface area (Å²) in [5.41, 5.74) is 5.72. The van der Waals surface area contributed by atoms with Crippen LogP contribution >= 0.6 is 0 Å². The van der Waals surface area contributed by atoms with Crippen molar-refractivity contribution in [3.63, 3.8) is 0 Å². The van der Waals surface area contributed by atoms with Gasteiger partial charge in [-0.15, -0.1) is 0 Å². The number of hydrogen-bond donors (Lipinski definition) is 3. The third-order valence-corrected chi connectivity index (χ3v) is 3.62. The van der Waals surface area contributed by atoms with Crippen LogP contribution in [0, 0.1) is 0 Å². The van der Waals surface area contributed by atoms with Gasteiger partial charge in [0.2, 0.25) is 0 Å². The first-order valence-electron chi connectivity index (χ1n) is 5.95. The molecule has 0 amide bonds. The first kappa shape index (κ1) is 13.3. The minimum atomic E-state index is 0.290. The number of nitrogens with one attached hydrogen (secondary N) is 1. The molecule has 16 heavy (non-hydrogen) atoms. The number of rotatable bonds is 6. The summed E-state index contributed by atoms with van der Waals surface area (Å²) in [6, 6.07) is 0. The molecule has 1 rings (SSSR count). The number of nitrogens with two attached hydrogens (primary N) is 1. The van der Waals surface area contributed by atoms with Gasteiger partial charge in [0, 0.05) is 25.0 Å². The number of hydrogen-bond acceptors (Lipinski definition) is 4. The molecule has 1 aliphatic carbocycles. The quantitative estimate of drug-likeness (QED) is 0.204. The molecule has 0 aromatic carbocycles. The topological polar surface area (TPSA) is 73.9 Å². The van der Waals surface area contributed by atoms with Gasteiger partial charge in [-0.05, 0) is 26.9 Å². The van der Waals surface area contributed by atoms with Crippen molar-refractivity contribution in [1.82, 2.24) is 10.2 Å². The Bertz CT molecular complexity index is 234. The summed E-state index contributed by atoms with van der Waals surface area (Å²) in [5.74, 6) is 0.290. The van der Waals surface area contributed by atoms with E-state index in [4.69, 9.17) is 10.9 Å². The molecule has 0 radical (unpaired) electrons. The molecule has 0 unspecified atom stereocenters. The summed E-state index contributed by atoms with van der Waals surface area (Å²) in [7, 11) is 4.30. The van der Waals surface area contributed by atoms with Crippen LogP contribution in [0.3, 0.4) is 0 Å². The van der Waals surface area contributed by atoms with Crippen LogP contribution in [0.5, 0.6) is 0 Å². The maximum absolute atomic E-state index is 8.41. The van der Waals surface area contributed by atoms with E-state index >= 15 is 0 Å². The molecular weight excluding hydrogens is 204 g/mol. The van der Waals surface area contributed by atoms with Crippen molar-refractivity contribution in [2.45, 2.75) is 37.6 Å². The highest BCUT2D eigenvalue weighted by Gasteiger charge is 2.35. The van der Waals surface area contributed by atoms with Gasteiger partial charge in [0.25, 0.3) is 0 Å². The Morgan fingerprint density at radius 1 is 1.44 bits per heavy atom. The van der Waals surface area contributed by atoms with Gasteiger partial charge >= 0.3 is 0 Å². The largest absolute Gasteiger partial charge is 0.409 e. The van der Waals surface area contributed by atoms with E-state index in [0.29, 0.717) is 12.0 Å². The van der Waals surface area contributed by atoms with E-state index in [2.05, 4.69) is 29.5 Å². The van der Waals surface area contributed by atoms with Crippen molar-refractivity contribution in [3.05, 3.63) is 0 Å². The molecule has 1 saturated carbocycles. The lowest BCUT2D eigenvalue weighted by atomic mass is 9.96. The summed E-state index contributed by atoms with van der Waals surface area (Å²) < 4.78 is 0. The molecule has 0 aliphatic heterocycles. The lowest BCUT2D eigenvalue weighted by Gasteiger charge is -2.36. The molecule has 94 valence electrons. The first-order chi connectivity index (χ1) is 7.60. The summed E-state index contributed by atoms with van der Waals surface area (Å²) in [6.07, 6.45) is 5.76. The average Bonchev–Trinajstić information content (AvgIpc) is 2.74. The minimum Gasteiger partial charge on any atom is -0.409 e. The van der Waals surface area contributed by atoms with Crippen LogP contribution in [0.15, 0.2) is 5.16 Å². The summed E-state index contributed by atoms with van der Waals surface area (Å²) >= 11 is 0. The molecule has 1 fully saturated rings. The highest BCUT2D eigenvalue weighted by Crippen LogP contribution is 2.32. The van der Waals surface area contributed by atoms with Gasteiger partial charge in [0.15, 0.2) is 0 Å². The summed E-state index contributed by atoms with van der Waals surface area (Å²) in [4.78, 5) is 2.33. The smallest absolute Gasteiger partial charge is 0.140 e. The maximum Gasteiger partial charge on any atom is 0.140 e. The SMILES string of the molecule is CN(C)C1(CNCCC(N)=NO)CCCC1. The molecule has 1 aliphatic rings. The van der Waals surface area contributed by atoms with Crippen molar-refractivity contribution < 1.29 is 5.21 Å². The summed E-state index contributed by atoms with van der Waals surface area (Å²) in [5, 5.41) is 14.8. The Labute approximate surface area is 97.7 Å². The van der Waals surface area contributed by atoms with Gasteiger partial charge in [-0.25, -0.2) is 0 Å². The van der Waals surface area contributed by atoms with Gasteiger partial charge in [-0.1, -0.05) is 18.0 Å². The van der Waals surface area contributed by atoms with E-state index < -0.39 is 0 Å². The molecular formula is C11H24N4O. The first-order valence-corrected chi connectivity index (χ1v) is 5.95. The predicted molar refractivity (Wildman–Crippen MR) is 65.8 cm³/mol. The fraction of sp³-hybridized carbons (Fsp3) is 0.909. The second-order valence-corrected chi connectivity index (χ2v) is 4.84. The summed E-state index contributed by atoms with van der Waals surface area (Å²) in [6.45, 7) is 1.75. The molecule has 5 nitrogen and oxygen atoms in total. The zero-order chi connectivity index (χ0) is 12.0. The van der Waals surface area contributed by atoms with Gasteiger partial charge < -0.3 is 21.2 Å². The molecule has 0 heterocycles. The van der Waals surface area contributed by atoms with Crippen LogP contribution in [-0.4, -0.2) is 48.7 Å². The maximum atomic E-state index is 8.41. The van der Waals surface area contributed by atoms with Crippen LogP contribution in [0.2, 0.25) is 0 Å². The molecule has 0 saturated heterocycles. The fourth-order valence-electron chi connectivity index (χ4n) is 2.40. The average molecular weight is 228 g/mol. The fourth-order valence-corrected chi connectivity index (χ4v) is 2.40. The van der Waals surface area contributed by atoms with Crippen molar-refractivity contribution in [3.8, 4) is 0 Å². The second-order valence-electron chi connectivity index (χ2n) is 4.84. The van der Waals surface area contributed by atoms with Gasteiger partial charge in [-0.2, -0.15) is 0 Å². The van der Waals surface area contributed by atoms with Crippen LogP contribution in [0.1, 0.15) is 32.1 Å². The third-order valence-electron chi connectivity index (χ3n) is 3.62. The Hall–Kier alpha value is -0.810. The molecule has 0 aromatic heterocycles. The highest BCUT2D eigenvalue weighted by atomic mass is 16.4. The monoisotopic (exact) mass is 228 g/mol. The van der Waals surface area contributed by atoms with Crippen LogP contribution in [-0.2, 0) is 0 Å².